The number of nitrogens with zero attached hydrogens (tertiary/aromatic N) is 1. The van der Waals surface area contributed by atoms with Gasteiger partial charge in [0.05, 0.1) is 17.2 Å². The first-order valence-corrected chi connectivity index (χ1v) is 10.7. The van der Waals surface area contributed by atoms with Crippen molar-refractivity contribution in [1.29, 1.82) is 0 Å². The highest BCUT2D eigenvalue weighted by Crippen LogP contribution is 2.37. The van der Waals surface area contributed by atoms with Crippen LogP contribution in [0.25, 0.3) is 0 Å². The molecule has 0 aliphatic carbocycles. The molecule has 1 N–H and O–H groups in total. The summed E-state index contributed by atoms with van der Waals surface area (Å²) in [7, 11) is -2.08. The van der Waals surface area contributed by atoms with Gasteiger partial charge < -0.3 is 10.1 Å². The SMILES string of the molecule is COC[C@H](C)NC(=O)c1ccc2c(c1)C[C@@H](C)N2S(=O)(=O)c1ccc(C)cc1. The van der Waals surface area contributed by atoms with E-state index < -0.39 is 10.0 Å². The number of methoxy groups -OCH3 is 1. The Morgan fingerprint density at radius 3 is 2.57 bits per heavy atom. The molecule has 2 aromatic rings. The minimum absolute atomic E-state index is 0.108. The molecule has 0 saturated carbocycles. The van der Waals surface area contributed by atoms with Crippen LogP contribution in [0.2, 0.25) is 0 Å². The number of fused-ring (bicyclic) bond motifs is 1. The molecule has 1 heterocycles. The minimum Gasteiger partial charge on any atom is -0.383 e. The van der Waals surface area contributed by atoms with Gasteiger partial charge >= 0.3 is 0 Å². The number of benzene rings is 2. The Bertz CT molecular complexity index is 970. The maximum Gasteiger partial charge on any atom is 0.264 e. The lowest BCUT2D eigenvalue weighted by Crippen LogP contribution is -2.36. The molecule has 6 nitrogen and oxygen atoms in total. The summed E-state index contributed by atoms with van der Waals surface area (Å²) in [6.07, 6.45) is 0.565. The molecule has 1 amide bonds. The molecule has 28 heavy (non-hydrogen) atoms. The maximum absolute atomic E-state index is 13.2. The summed E-state index contributed by atoms with van der Waals surface area (Å²) in [6.45, 7) is 6.10. The summed E-state index contributed by atoms with van der Waals surface area (Å²) in [6, 6.07) is 11.7. The fourth-order valence-electron chi connectivity index (χ4n) is 3.53. The number of hydrogen-bond acceptors (Lipinski definition) is 4. The van der Waals surface area contributed by atoms with Crippen molar-refractivity contribution in [2.24, 2.45) is 0 Å². The Morgan fingerprint density at radius 2 is 1.93 bits per heavy atom. The van der Waals surface area contributed by atoms with Crippen LogP contribution in [0.5, 0.6) is 0 Å². The van der Waals surface area contributed by atoms with Gasteiger partial charge in [-0.3, -0.25) is 9.10 Å². The zero-order chi connectivity index (χ0) is 20.5. The fourth-order valence-corrected chi connectivity index (χ4v) is 5.23. The van der Waals surface area contributed by atoms with Gasteiger partial charge in [-0.2, -0.15) is 0 Å². The second-order valence-corrected chi connectivity index (χ2v) is 9.16. The molecule has 0 unspecified atom stereocenters. The normalized spacial score (nSPS) is 17.3. The van der Waals surface area contributed by atoms with Crippen molar-refractivity contribution < 1.29 is 17.9 Å². The lowest BCUT2D eigenvalue weighted by atomic mass is 10.1. The highest BCUT2D eigenvalue weighted by molar-refractivity contribution is 7.92. The van der Waals surface area contributed by atoms with E-state index in [4.69, 9.17) is 4.74 Å². The van der Waals surface area contributed by atoms with Crippen molar-refractivity contribution in [1.82, 2.24) is 5.32 Å². The fraction of sp³-hybridized carbons (Fsp3) is 0.381. The van der Waals surface area contributed by atoms with E-state index >= 15 is 0 Å². The molecule has 3 rings (SSSR count). The van der Waals surface area contributed by atoms with Crippen LogP contribution < -0.4 is 9.62 Å². The van der Waals surface area contributed by atoms with Gasteiger partial charge in [-0.1, -0.05) is 17.7 Å². The number of ether oxygens (including phenoxy) is 1. The van der Waals surface area contributed by atoms with Gasteiger partial charge in [0.15, 0.2) is 0 Å². The van der Waals surface area contributed by atoms with E-state index in [2.05, 4.69) is 5.32 Å². The summed E-state index contributed by atoms with van der Waals surface area (Å²) in [5.74, 6) is -0.195. The van der Waals surface area contributed by atoms with E-state index in [0.29, 0.717) is 24.3 Å². The largest absolute Gasteiger partial charge is 0.383 e. The number of carbonyl (C=O) groups excluding carboxylic acids is 1. The number of sulfonamides is 1. The average Bonchev–Trinajstić information content (AvgIpc) is 2.97. The average molecular weight is 403 g/mol. The van der Waals surface area contributed by atoms with E-state index in [1.165, 1.54) is 4.31 Å². The molecule has 2 atom stereocenters. The van der Waals surface area contributed by atoms with Crippen LogP contribution in [0.1, 0.15) is 35.3 Å². The zero-order valence-electron chi connectivity index (χ0n) is 16.6. The van der Waals surface area contributed by atoms with Crippen molar-refractivity contribution in [3.8, 4) is 0 Å². The van der Waals surface area contributed by atoms with Crippen LogP contribution in [0, 0.1) is 6.92 Å². The van der Waals surface area contributed by atoms with Crippen LogP contribution in [0.15, 0.2) is 47.4 Å². The topological polar surface area (TPSA) is 75.7 Å². The van der Waals surface area contributed by atoms with Gasteiger partial charge in [0.25, 0.3) is 15.9 Å². The van der Waals surface area contributed by atoms with Crippen LogP contribution in [0.4, 0.5) is 5.69 Å². The molecule has 2 aromatic carbocycles. The molecule has 150 valence electrons. The van der Waals surface area contributed by atoms with Crippen LogP contribution >= 0.6 is 0 Å². The van der Waals surface area contributed by atoms with Crippen molar-refractivity contribution in [2.45, 2.75) is 44.2 Å². The first-order valence-electron chi connectivity index (χ1n) is 9.28. The highest BCUT2D eigenvalue weighted by atomic mass is 32.2. The Morgan fingerprint density at radius 1 is 1.25 bits per heavy atom. The molecule has 0 aromatic heterocycles. The van der Waals surface area contributed by atoms with E-state index in [1.807, 2.05) is 20.8 Å². The molecule has 0 fully saturated rings. The second kappa shape index (κ2) is 7.93. The third kappa shape index (κ3) is 3.91. The second-order valence-electron chi connectivity index (χ2n) is 7.34. The van der Waals surface area contributed by atoms with Crippen LogP contribution in [-0.4, -0.2) is 40.1 Å². The summed E-state index contributed by atoms with van der Waals surface area (Å²) >= 11 is 0. The number of anilines is 1. The lowest BCUT2D eigenvalue weighted by molar-refractivity contribution is 0.0905. The van der Waals surface area contributed by atoms with Gasteiger partial charge in [-0.15, -0.1) is 0 Å². The lowest BCUT2D eigenvalue weighted by Gasteiger charge is -2.24. The molecule has 1 aliphatic heterocycles. The third-order valence-electron chi connectivity index (χ3n) is 4.87. The number of hydrogen-bond donors (Lipinski definition) is 1. The standard InChI is InChI=1S/C21H26N2O4S/c1-14-5-8-19(9-6-14)28(25,26)23-16(3)11-18-12-17(7-10-20(18)23)21(24)22-15(2)13-27-4/h5-10,12,15-16H,11,13H2,1-4H3,(H,22,24)/t15-,16+/m0/s1. The molecule has 0 spiro atoms. The van der Waals surface area contributed by atoms with E-state index in [0.717, 1.165) is 11.1 Å². The summed E-state index contributed by atoms with van der Waals surface area (Å²) in [5.41, 5.74) is 3.01. The molecular formula is C21H26N2O4S. The van der Waals surface area contributed by atoms with Gasteiger partial charge in [0.1, 0.15) is 0 Å². The predicted molar refractivity (Wildman–Crippen MR) is 109 cm³/mol. The highest BCUT2D eigenvalue weighted by Gasteiger charge is 2.36. The van der Waals surface area contributed by atoms with Gasteiger partial charge in [-0.25, -0.2) is 8.42 Å². The maximum atomic E-state index is 13.2. The minimum atomic E-state index is -3.66. The third-order valence-corrected chi connectivity index (χ3v) is 6.81. The van der Waals surface area contributed by atoms with Gasteiger partial charge in [0, 0.05) is 24.8 Å². The summed E-state index contributed by atoms with van der Waals surface area (Å²) in [4.78, 5) is 12.7. The summed E-state index contributed by atoms with van der Waals surface area (Å²) < 4.78 is 32.9. The van der Waals surface area contributed by atoms with Crippen molar-refractivity contribution in [3.63, 3.8) is 0 Å². The summed E-state index contributed by atoms with van der Waals surface area (Å²) in [5, 5.41) is 2.88. The van der Waals surface area contributed by atoms with Gasteiger partial charge in [0.2, 0.25) is 0 Å². The molecule has 0 radical (unpaired) electrons. The monoisotopic (exact) mass is 402 g/mol. The Balaban J connectivity index is 1.90. The smallest absolute Gasteiger partial charge is 0.264 e. The molecule has 7 heteroatoms. The quantitative estimate of drug-likeness (QED) is 0.806. The van der Waals surface area contributed by atoms with E-state index in [1.54, 1.807) is 49.6 Å². The molecule has 1 aliphatic rings. The van der Waals surface area contributed by atoms with E-state index in [9.17, 15) is 13.2 Å². The molecule has 0 saturated heterocycles. The first-order chi connectivity index (χ1) is 13.2. The molecular weight excluding hydrogens is 376 g/mol. The Hall–Kier alpha value is -2.38. The number of nitrogens with one attached hydrogen (secondary N) is 1. The van der Waals surface area contributed by atoms with E-state index in [-0.39, 0.29) is 22.9 Å². The predicted octanol–water partition coefficient (Wildman–Crippen LogP) is 2.90. The number of rotatable bonds is 6. The zero-order valence-corrected chi connectivity index (χ0v) is 17.4. The first kappa shape index (κ1) is 20.4. The number of aryl methyl sites for hydroxylation is 1. The Kier molecular flexibility index (Phi) is 5.76. The number of amides is 1. The van der Waals surface area contributed by atoms with Crippen LogP contribution in [0.3, 0.4) is 0 Å². The van der Waals surface area contributed by atoms with Gasteiger partial charge in [-0.05, 0) is 63.1 Å². The van der Waals surface area contributed by atoms with Crippen LogP contribution in [-0.2, 0) is 21.2 Å². The van der Waals surface area contributed by atoms with Crippen molar-refractivity contribution in [2.75, 3.05) is 18.0 Å². The van der Waals surface area contributed by atoms with Crippen molar-refractivity contribution >= 4 is 21.6 Å². The Labute approximate surface area is 166 Å². The number of carbonyl (C=O) groups is 1. The van der Waals surface area contributed by atoms with Crippen molar-refractivity contribution in [3.05, 3.63) is 59.2 Å². The molecule has 0 bridgehead atoms.